The maximum Gasteiger partial charge on any atom is 0.191 e. The Hall–Kier alpha value is -0.0500. The molecule has 3 fully saturated rings. The van der Waals surface area contributed by atoms with E-state index in [4.69, 9.17) is 4.99 Å². The maximum absolute atomic E-state index is 11.7. The zero-order chi connectivity index (χ0) is 18.6. The van der Waals surface area contributed by atoms with E-state index >= 15 is 0 Å². The molecule has 1 aliphatic heterocycles. The molecular weight excluding hydrogens is 473 g/mol. The zero-order valence-electron chi connectivity index (χ0n) is 17.0. The minimum atomic E-state index is -2.81. The van der Waals surface area contributed by atoms with Crippen molar-refractivity contribution in [1.82, 2.24) is 10.6 Å². The molecule has 4 atom stereocenters. The first-order valence-electron chi connectivity index (χ1n) is 10.7. The minimum Gasteiger partial charge on any atom is -0.356 e. The molecule has 4 unspecified atom stereocenters. The van der Waals surface area contributed by atoms with Crippen molar-refractivity contribution < 1.29 is 8.42 Å². The standard InChI is InChI=1S/C20H37N3O2S.HI/c1-15(2)12-21-20(22-13-16-9-10-26(24,25)14-16)23-19-8-7-17-5-3-4-6-18(17)11-19;/h15-19H,3-14H2,1-2H3,(H2,21,22,23);1H. The van der Waals surface area contributed by atoms with Gasteiger partial charge < -0.3 is 10.6 Å². The van der Waals surface area contributed by atoms with Gasteiger partial charge in [0.25, 0.3) is 0 Å². The minimum absolute atomic E-state index is 0. The molecule has 0 aromatic heterocycles. The average molecular weight is 512 g/mol. The predicted molar refractivity (Wildman–Crippen MR) is 124 cm³/mol. The fourth-order valence-corrected chi connectivity index (χ4v) is 6.76. The molecule has 0 aromatic rings. The van der Waals surface area contributed by atoms with E-state index in [-0.39, 0.29) is 29.9 Å². The summed E-state index contributed by atoms with van der Waals surface area (Å²) in [5.41, 5.74) is 0. The van der Waals surface area contributed by atoms with Crippen LogP contribution in [0.5, 0.6) is 0 Å². The van der Waals surface area contributed by atoms with Crippen LogP contribution in [0.1, 0.15) is 65.2 Å². The Morgan fingerprint density at radius 1 is 1.07 bits per heavy atom. The number of halogens is 1. The van der Waals surface area contributed by atoms with E-state index in [9.17, 15) is 8.42 Å². The van der Waals surface area contributed by atoms with Crippen LogP contribution >= 0.6 is 24.0 Å². The second kappa shape index (κ2) is 10.6. The molecule has 2 saturated carbocycles. The van der Waals surface area contributed by atoms with Crippen molar-refractivity contribution in [2.75, 3.05) is 24.6 Å². The van der Waals surface area contributed by atoms with Gasteiger partial charge in [0.05, 0.1) is 11.5 Å². The Labute approximate surface area is 182 Å². The highest BCUT2D eigenvalue weighted by Crippen LogP contribution is 2.40. The number of fused-ring (bicyclic) bond motifs is 1. The lowest BCUT2D eigenvalue weighted by molar-refractivity contribution is 0.150. The number of rotatable bonds is 5. The van der Waals surface area contributed by atoms with Gasteiger partial charge in [-0.25, -0.2) is 8.42 Å². The highest BCUT2D eigenvalue weighted by atomic mass is 127. The number of guanidine groups is 1. The molecule has 0 amide bonds. The van der Waals surface area contributed by atoms with Gasteiger partial charge in [-0.15, -0.1) is 24.0 Å². The fourth-order valence-electron chi connectivity index (χ4n) is 4.90. The summed E-state index contributed by atoms with van der Waals surface area (Å²) in [5.74, 6) is 4.15. The molecule has 7 heteroatoms. The second-order valence-electron chi connectivity index (χ2n) is 9.19. The smallest absolute Gasteiger partial charge is 0.191 e. The Balaban J connectivity index is 0.00000261. The van der Waals surface area contributed by atoms with Crippen molar-refractivity contribution in [3.05, 3.63) is 0 Å². The lowest BCUT2D eigenvalue weighted by Gasteiger charge is -2.40. The van der Waals surface area contributed by atoms with E-state index in [2.05, 4.69) is 24.5 Å². The molecule has 158 valence electrons. The van der Waals surface area contributed by atoms with Gasteiger partial charge in [-0.3, -0.25) is 4.99 Å². The van der Waals surface area contributed by atoms with Gasteiger partial charge in [0, 0.05) is 19.1 Å². The Morgan fingerprint density at radius 2 is 1.81 bits per heavy atom. The molecule has 1 saturated heterocycles. The van der Waals surface area contributed by atoms with E-state index in [1.165, 1.54) is 44.9 Å². The SMILES string of the molecule is CC(C)CN=C(NCC1CCS(=O)(=O)C1)NC1CCC2CCCCC2C1.I. The molecule has 0 aromatic carbocycles. The lowest BCUT2D eigenvalue weighted by Crippen LogP contribution is -2.48. The summed E-state index contributed by atoms with van der Waals surface area (Å²) in [7, 11) is -2.81. The van der Waals surface area contributed by atoms with Crippen LogP contribution in [-0.2, 0) is 9.84 Å². The number of nitrogens with one attached hydrogen (secondary N) is 2. The van der Waals surface area contributed by atoms with Crippen molar-refractivity contribution in [2.45, 2.75) is 71.3 Å². The number of hydrogen-bond acceptors (Lipinski definition) is 3. The summed E-state index contributed by atoms with van der Waals surface area (Å²) in [6, 6.07) is 0.514. The third kappa shape index (κ3) is 7.37. The topological polar surface area (TPSA) is 70.6 Å². The predicted octanol–water partition coefficient (Wildman–Crippen LogP) is 3.59. The van der Waals surface area contributed by atoms with Crippen molar-refractivity contribution in [3.63, 3.8) is 0 Å². The largest absolute Gasteiger partial charge is 0.356 e. The van der Waals surface area contributed by atoms with Crippen LogP contribution < -0.4 is 10.6 Å². The molecule has 3 rings (SSSR count). The van der Waals surface area contributed by atoms with Gasteiger partial charge in [0.2, 0.25) is 0 Å². The van der Waals surface area contributed by atoms with Gasteiger partial charge in [-0.2, -0.15) is 0 Å². The first kappa shape index (κ1) is 23.2. The molecule has 5 nitrogen and oxygen atoms in total. The molecule has 0 spiro atoms. The van der Waals surface area contributed by atoms with Gasteiger partial charge in [0.1, 0.15) is 0 Å². The first-order chi connectivity index (χ1) is 12.4. The number of nitrogens with zero attached hydrogens (tertiary/aromatic N) is 1. The third-order valence-electron chi connectivity index (χ3n) is 6.38. The molecule has 2 aliphatic carbocycles. The van der Waals surface area contributed by atoms with E-state index in [0.717, 1.165) is 30.8 Å². The molecule has 27 heavy (non-hydrogen) atoms. The average Bonchev–Trinajstić information content (AvgIpc) is 2.96. The third-order valence-corrected chi connectivity index (χ3v) is 8.22. The van der Waals surface area contributed by atoms with Gasteiger partial charge in [0.15, 0.2) is 15.8 Å². The normalized spacial score (nSPS) is 33.2. The number of hydrogen-bond donors (Lipinski definition) is 2. The second-order valence-corrected chi connectivity index (χ2v) is 11.4. The lowest BCUT2D eigenvalue weighted by atomic mass is 9.69. The highest BCUT2D eigenvalue weighted by Gasteiger charge is 2.33. The fraction of sp³-hybridized carbons (Fsp3) is 0.950. The Kier molecular flexibility index (Phi) is 9.16. The van der Waals surface area contributed by atoms with Crippen LogP contribution in [0.2, 0.25) is 0 Å². The van der Waals surface area contributed by atoms with E-state index in [1.807, 2.05) is 0 Å². The Bertz CT molecular complexity index is 594. The molecule has 1 heterocycles. The van der Waals surface area contributed by atoms with Crippen molar-refractivity contribution in [3.8, 4) is 0 Å². The molecule has 3 aliphatic rings. The van der Waals surface area contributed by atoms with Crippen molar-refractivity contribution in [2.24, 2.45) is 28.7 Å². The van der Waals surface area contributed by atoms with Crippen LogP contribution in [0.25, 0.3) is 0 Å². The summed E-state index contributed by atoms with van der Waals surface area (Å²) >= 11 is 0. The first-order valence-corrected chi connectivity index (χ1v) is 12.5. The van der Waals surface area contributed by atoms with Crippen LogP contribution in [0.3, 0.4) is 0 Å². The van der Waals surface area contributed by atoms with Crippen LogP contribution in [0, 0.1) is 23.7 Å². The molecule has 0 bridgehead atoms. The highest BCUT2D eigenvalue weighted by molar-refractivity contribution is 14.0. The number of aliphatic imine (C=N–C) groups is 1. The summed E-state index contributed by atoms with van der Waals surface area (Å²) in [4.78, 5) is 4.76. The summed E-state index contributed by atoms with van der Waals surface area (Å²) in [6.45, 7) is 5.87. The van der Waals surface area contributed by atoms with E-state index < -0.39 is 9.84 Å². The van der Waals surface area contributed by atoms with Gasteiger partial charge >= 0.3 is 0 Å². The zero-order valence-corrected chi connectivity index (χ0v) is 20.1. The van der Waals surface area contributed by atoms with Crippen LogP contribution in [0.15, 0.2) is 4.99 Å². The van der Waals surface area contributed by atoms with Gasteiger partial charge in [-0.1, -0.05) is 39.5 Å². The summed E-state index contributed by atoms with van der Waals surface area (Å²) in [6.07, 6.45) is 10.3. The molecule has 0 radical (unpaired) electrons. The van der Waals surface area contributed by atoms with Crippen molar-refractivity contribution in [1.29, 1.82) is 0 Å². The maximum atomic E-state index is 11.7. The van der Waals surface area contributed by atoms with Crippen molar-refractivity contribution >= 4 is 39.8 Å². The monoisotopic (exact) mass is 511 g/mol. The summed E-state index contributed by atoms with van der Waals surface area (Å²) < 4.78 is 23.4. The Morgan fingerprint density at radius 3 is 2.48 bits per heavy atom. The quantitative estimate of drug-likeness (QED) is 0.336. The van der Waals surface area contributed by atoms with E-state index in [0.29, 0.717) is 30.0 Å². The molecule has 2 N–H and O–H groups in total. The number of sulfone groups is 1. The van der Waals surface area contributed by atoms with Crippen LogP contribution in [0.4, 0.5) is 0 Å². The summed E-state index contributed by atoms with van der Waals surface area (Å²) in [5, 5.41) is 7.13. The molecular formula is C20H38IN3O2S. The van der Waals surface area contributed by atoms with Crippen LogP contribution in [-0.4, -0.2) is 45.0 Å². The van der Waals surface area contributed by atoms with E-state index in [1.54, 1.807) is 0 Å². The van der Waals surface area contributed by atoms with Gasteiger partial charge in [-0.05, 0) is 49.4 Å².